The number of carbonyl (C=O) groups is 1. The molecule has 0 fully saturated rings. The van der Waals surface area contributed by atoms with Crippen LogP contribution in [0.15, 0.2) is 103 Å². The SMILES string of the molecule is COC(=O)c1ccc2c(COc3cccc(P)c3)c3scnc3nc2c1OC(c1ccccc1)c1ccccc1. The summed E-state index contributed by atoms with van der Waals surface area (Å²) in [6.45, 7) is 0.295. The van der Waals surface area contributed by atoms with Crippen molar-refractivity contribution in [3.8, 4) is 11.5 Å². The summed E-state index contributed by atoms with van der Waals surface area (Å²) < 4.78 is 19.1. The molecule has 0 aliphatic heterocycles. The Kier molecular flexibility index (Phi) is 7.41. The van der Waals surface area contributed by atoms with Crippen LogP contribution in [-0.2, 0) is 11.3 Å². The molecule has 6 aromatic rings. The van der Waals surface area contributed by atoms with Crippen LogP contribution in [0.4, 0.5) is 0 Å². The van der Waals surface area contributed by atoms with Crippen molar-refractivity contribution in [1.82, 2.24) is 9.97 Å². The molecule has 0 bridgehead atoms. The van der Waals surface area contributed by atoms with Crippen molar-refractivity contribution in [1.29, 1.82) is 0 Å². The third kappa shape index (κ3) is 5.14. The molecule has 1 unspecified atom stereocenters. The highest BCUT2D eigenvalue weighted by atomic mass is 32.1. The summed E-state index contributed by atoms with van der Waals surface area (Å²) in [5.41, 5.74) is 5.96. The first-order valence-electron chi connectivity index (χ1n) is 12.6. The number of hydrogen-bond acceptors (Lipinski definition) is 7. The van der Waals surface area contributed by atoms with E-state index in [0.29, 0.717) is 23.5 Å². The minimum atomic E-state index is -0.507. The number of fused-ring (bicyclic) bond motifs is 2. The zero-order valence-electron chi connectivity index (χ0n) is 21.6. The van der Waals surface area contributed by atoms with Gasteiger partial charge in [0.25, 0.3) is 0 Å². The Morgan fingerprint density at radius 2 is 1.65 bits per heavy atom. The Bertz CT molecular complexity index is 1770. The van der Waals surface area contributed by atoms with Gasteiger partial charge in [0, 0.05) is 10.9 Å². The summed E-state index contributed by atoms with van der Waals surface area (Å²) in [6.07, 6.45) is -0.492. The summed E-state index contributed by atoms with van der Waals surface area (Å²) in [7, 11) is 4.05. The topological polar surface area (TPSA) is 70.5 Å². The molecule has 0 aliphatic rings. The van der Waals surface area contributed by atoms with Crippen LogP contribution in [0.5, 0.6) is 11.5 Å². The lowest BCUT2D eigenvalue weighted by Gasteiger charge is -2.23. The van der Waals surface area contributed by atoms with E-state index in [0.717, 1.165) is 37.8 Å². The number of rotatable bonds is 8. The number of hydrogen-bond donors (Lipinski definition) is 0. The van der Waals surface area contributed by atoms with Crippen LogP contribution in [0.2, 0.25) is 0 Å². The van der Waals surface area contributed by atoms with Crippen molar-refractivity contribution < 1.29 is 19.0 Å². The van der Waals surface area contributed by atoms with E-state index >= 15 is 0 Å². The summed E-state index contributed by atoms with van der Waals surface area (Å²) >= 11 is 1.51. The van der Waals surface area contributed by atoms with E-state index in [1.165, 1.54) is 18.4 Å². The number of thiazole rings is 1. The fourth-order valence-corrected chi connectivity index (χ4v) is 5.72. The minimum Gasteiger partial charge on any atom is -0.489 e. The second-order valence-electron chi connectivity index (χ2n) is 9.11. The monoisotopic (exact) mass is 564 g/mol. The van der Waals surface area contributed by atoms with Crippen molar-refractivity contribution in [3.63, 3.8) is 0 Å². The van der Waals surface area contributed by atoms with Gasteiger partial charge in [-0.3, -0.25) is 0 Å². The minimum absolute atomic E-state index is 0.288. The van der Waals surface area contributed by atoms with E-state index in [4.69, 9.17) is 19.2 Å². The van der Waals surface area contributed by atoms with Gasteiger partial charge in [-0.25, -0.2) is 14.8 Å². The molecule has 0 radical (unpaired) electrons. The Hall–Kier alpha value is -4.32. The van der Waals surface area contributed by atoms with Crippen LogP contribution in [-0.4, -0.2) is 23.0 Å². The lowest BCUT2D eigenvalue weighted by Crippen LogP contribution is -2.14. The molecule has 2 heterocycles. The summed E-state index contributed by atoms with van der Waals surface area (Å²) in [5.74, 6) is 0.586. The molecule has 0 saturated carbocycles. The maximum atomic E-state index is 13.0. The van der Waals surface area contributed by atoms with Crippen LogP contribution in [0.25, 0.3) is 21.3 Å². The zero-order chi connectivity index (χ0) is 27.5. The molecule has 4 aromatic carbocycles. The number of methoxy groups -OCH3 is 1. The molecular weight excluding hydrogens is 539 g/mol. The smallest absolute Gasteiger partial charge is 0.341 e. The summed E-state index contributed by atoms with van der Waals surface area (Å²) in [5, 5.41) is 1.85. The molecule has 198 valence electrons. The average Bonchev–Trinajstić information content (AvgIpc) is 3.47. The Balaban J connectivity index is 1.53. The number of nitrogens with zero attached hydrogens (tertiary/aromatic N) is 2. The van der Waals surface area contributed by atoms with Gasteiger partial charge in [-0.1, -0.05) is 78.9 Å². The first-order valence-corrected chi connectivity index (χ1v) is 14.1. The van der Waals surface area contributed by atoms with E-state index in [9.17, 15) is 4.79 Å². The van der Waals surface area contributed by atoms with Crippen LogP contribution in [0.1, 0.15) is 33.2 Å². The molecule has 0 amide bonds. The third-order valence-electron chi connectivity index (χ3n) is 6.58. The van der Waals surface area contributed by atoms with Crippen LogP contribution >= 0.6 is 20.6 Å². The van der Waals surface area contributed by atoms with Crippen LogP contribution in [0, 0.1) is 0 Å². The number of ether oxygens (including phenoxy) is 3. The Labute approximate surface area is 237 Å². The van der Waals surface area contributed by atoms with Gasteiger partial charge in [0.1, 0.15) is 29.5 Å². The number of pyridine rings is 1. The normalized spacial score (nSPS) is 11.2. The van der Waals surface area contributed by atoms with E-state index in [2.05, 4.69) is 14.2 Å². The fourth-order valence-electron chi connectivity index (χ4n) is 4.68. The van der Waals surface area contributed by atoms with Gasteiger partial charge in [-0.2, -0.15) is 0 Å². The largest absolute Gasteiger partial charge is 0.489 e. The van der Waals surface area contributed by atoms with E-state index in [1.54, 1.807) is 11.6 Å². The fraction of sp³-hybridized carbons (Fsp3) is 0.0938. The number of aromatic nitrogens is 2. The molecule has 0 spiro atoms. The molecule has 0 aliphatic carbocycles. The maximum absolute atomic E-state index is 13.0. The van der Waals surface area contributed by atoms with Crippen LogP contribution in [0.3, 0.4) is 0 Å². The molecular formula is C32H25N2O4PS. The van der Waals surface area contributed by atoms with Gasteiger partial charge in [-0.15, -0.1) is 20.6 Å². The van der Waals surface area contributed by atoms with Gasteiger partial charge in [-0.05, 0) is 34.6 Å². The van der Waals surface area contributed by atoms with Crippen molar-refractivity contribution >= 4 is 53.1 Å². The molecule has 0 saturated heterocycles. The summed E-state index contributed by atoms with van der Waals surface area (Å²) in [6, 6.07) is 31.3. The second-order valence-corrected chi connectivity index (χ2v) is 10.6. The maximum Gasteiger partial charge on any atom is 0.341 e. The predicted molar refractivity (Wildman–Crippen MR) is 162 cm³/mol. The van der Waals surface area contributed by atoms with Gasteiger partial charge in [0.05, 0.1) is 17.3 Å². The van der Waals surface area contributed by atoms with Crippen molar-refractivity contribution in [2.24, 2.45) is 0 Å². The quantitative estimate of drug-likeness (QED) is 0.148. The van der Waals surface area contributed by atoms with Crippen LogP contribution < -0.4 is 14.8 Å². The standard InChI is InChI=1S/C32H25N2O4PS/c1-36-32(35)25-16-15-24-26(18-37-22-13-8-14-23(39)17-22)30-31(33-19-40-30)34-27(24)29(25)38-28(20-9-4-2-5-10-20)21-11-6-3-7-12-21/h2-17,19,28H,18,39H2,1H3. The van der Waals surface area contributed by atoms with Gasteiger partial charge in [0.2, 0.25) is 0 Å². The molecule has 6 nitrogen and oxygen atoms in total. The van der Waals surface area contributed by atoms with E-state index in [1.807, 2.05) is 91.0 Å². The summed E-state index contributed by atoms with van der Waals surface area (Å²) in [4.78, 5) is 22.4. The Morgan fingerprint density at radius 1 is 0.925 bits per heavy atom. The van der Waals surface area contributed by atoms with Crippen molar-refractivity contribution in [2.75, 3.05) is 7.11 Å². The molecule has 40 heavy (non-hydrogen) atoms. The number of benzene rings is 4. The zero-order valence-corrected chi connectivity index (χ0v) is 23.6. The van der Waals surface area contributed by atoms with Gasteiger partial charge >= 0.3 is 5.97 Å². The molecule has 6 rings (SSSR count). The molecule has 1 atom stereocenters. The number of carbonyl (C=O) groups excluding carboxylic acids is 1. The molecule has 2 aromatic heterocycles. The third-order valence-corrected chi connectivity index (χ3v) is 7.82. The molecule has 0 N–H and O–H groups in total. The highest BCUT2D eigenvalue weighted by Gasteiger charge is 2.25. The second kappa shape index (κ2) is 11.4. The average molecular weight is 565 g/mol. The van der Waals surface area contributed by atoms with Gasteiger partial charge < -0.3 is 14.2 Å². The lowest BCUT2D eigenvalue weighted by molar-refractivity contribution is 0.0594. The van der Waals surface area contributed by atoms with Crippen molar-refractivity contribution in [3.05, 3.63) is 125 Å². The van der Waals surface area contributed by atoms with E-state index in [-0.39, 0.29) is 5.56 Å². The first kappa shape index (κ1) is 25.9. The van der Waals surface area contributed by atoms with Crippen molar-refractivity contribution in [2.45, 2.75) is 12.7 Å². The lowest BCUT2D eigenvalue weighted by atomic mass is 10.0. The molecule has 8 heteroatoms. The Morgan fingerprint density at radius 3 is 2.33 bits per heavy atom. The van der Waals surface area contributed by atoms with Gasteiger partial charge in [0.15, 0.2) is 11.4 Å². The highest BCUT2D eigenvalue weighted by Crippen LogP contribution is 2.39. The first-order chi connectivity index (χ1) is 19.6. The van der Waals surface area contributed by atoms with E-state index < -0.39 is 12.1 Å². The highest BCUT2D eigenvalue weighted by molar-refractivity contribution is 7.27. The number of esters is 1. The predicted octanol–water partition coefficient (Wildman–Crippen LogP) is 6.88.